The fourth-order valence-electron chi connectivity index (χ4n) is 7.14. The molecule has 1 aromatic carbocycles. The molecule has 0 radical (unpaired) electrons. The molecule has 0 bridgehead atoms. The van der Waals surface area contributed by atoms with Crippen molar-refractivity contribution in [3.8, 4) is 5.75 Å². The Kier molecular flexibility index (Phi) is 8.01. The molecule has 2 heterocycles. The number of phenols is 1. The predicted molar refractivity (Wildman–Crippen MR) is 152 cm³/mol. The molecule has 5 rings (SSSR count). The van der Waals surface area contributed by atoms with E-state index in [1.54, 1.807) is 12.1 Å². The number of urea groups is 1. The van der Waals surface area contributed by atoms with E-state index in [1.165, 1.54) is 4.90 Å². The topological polar surface area (TPSA) is 87.6 Å². The highest BCUT2D eigenvalue weighted by molar-refractivity contribution is 5.95. The number of piperidine rings is 1. The summed E-state index contributed by atoms with van der Waals surface area (Å²) in [5.41, 5.74) is -0.309. The first-order valence-corrected chi connectivity index (χ1v) is 15.0. The van der Waals surface area contributed by atoms with Crippen molar-refractivity contribution >= 4 is 11.9 Å². The Morgan fingerprint density at radius 3 is 2.38 bits per heavy atom. The third-order valence-corrected chi connectivity index (χ3v) is 10.0. The monoisotopic (exact) mass is 540 g/mol. The van der Waals surface area contributed by atoms with Crippen molar-refractivity contribution in [2.24, 2.45) is 11.8 Å². The van der Waals surface area contributed by atoms with Crippen molar-refractivity contribution < 1.29 is 19.8 Å². The van der Waals surface area contributed by atoms with E-state index < -0.39 is 11.0 Å². The van der Waals surface area contributed by atoms with Crippen molar-refractivity contribution in [1.29, 1.82) is 0 Å². The standard InChI is InChI=1S/C31H48N4O4/c1-22-6-11-26(36)18-27(22)30-13-15-33(17-16-32(3)4)23(2)31(30,39)12-5-14-34(20-24-7-8-24)29(38)35(28(37)19-30)21-25-9-10-25/h6,11,18,23-25,36,39H,5,7-10,12-17,19-21H2,1-4H3/t23-,30-,31-/m1/s1. The summed E-state index contributed by atoms with van der Waals surface area (Å²) in [5, 5.41) is 23.6. The number of hydrogen-bond donors (Lipinski definition) is 2. The maximum atomic E-state index is 14.3. The van der Waals surface area contributed by atoms with Crippen LogP contribution in [-0.4, -0.2) is 107 Å². The van der Waals surface area contributed by atoms with E-state index in [2.05, 4.69) is 30.8 Å². The lowest BCUT2D eigenvalue weighted by Crippen LogP contribution is -2.69. The smallest absolute Gasteiger partial charge is 0.326 e. The summed E-state index contributed by atoms with van der Waals surface area (Å²) in [6.07, 6.45) is 6.21. The molecule has 8 heteroatoms. The van der Waals surface area contributed by atoms with E-state index >= 15 is 0 Å². The summed E-state index contributed by atoms with van der Waals surface area (Å²) < 4.78 is 0. The van der Waals surface area contributed by atoms with Gasteiger partial charge in [0.2, 0.25) is 5.91 Å². The third kappa shape index (κ3) is 5.70. The second kappa shape index (κ2) is 11.0. The minimum absolute atomic E-state index is 0.0649. The van der Waals surface area contributed by atoms with Gasteiger partial charge in [0.25, 0.3) is 0 Å². The van der Waals surface area contributed by atoms with Crippen LogP contribution in [0.2, 0.25) is 0 Å². The largest absolute Gasteiger partial charge is 0.508 e. The van der Waals surface area contributed by atoms with Crippen LogP contribution in [0, 0.1) is 18.8 Å². The molecule has 2 N–H and O–H groups in total. The summed E-state index contributed by atoms with van der Waals surface area (Å²) in [5.74, 6) is 0.862. The van der Waals surface area contributed by atoms with E-state index in [0.29, 0.717) is 50.7 Å². The number of rotatable bonds is 8. The highest BCUT2D eigenvalue weighted by Crippen LogP contribution is 2.52. The molecule has 39 heavy (non-hydrogen) atoms. The highest BCUT2D eigenvalue weighted by Gasteiger charge is 2.60. The molecule has 2 aliphatic heterocycles. The van der Waals surface area contributed by atoms with Gasteiger partial charge in [-0.05, 0) is 115 Å². The third-order valence-electron chi connectivity index (χ3n) is 10.0. The molecule has 8 nitrogen and oxygen atoms in total. The number of likely N-dealkylation sites (tertiary alicyclic amines) is 1. The average molecular weight is 541 g/mol. The lowest BCUT2D eigenvalue weighted by atomic mass is 9.56. The van der Waals surface area contributed by atoms with E-state index in [1.807, 2.05) is 17.9 Å². The van der Waals surface area contributed by atoms with Gasteiger partial charge >= 0.3 is 6.03 Å². The molecule has 3 amide bonds. The molecule has 0 spiro atoms. The van der Waals surface area contributed by atoms with E-state index in [-0.39, 0.29) is 30.2 Å². The molecule has 2 saturated carbocycles. The number of amides is 3. The Morgan fingerprint density at radius 2 is 1.72 bits per heavy atom. The second-order valence-corrected chi connectivity index (χ2v) is 13.2. The summed E-state index contributed by atoms with van der Waals surface area (Å²) in [7, 11) is 4.12. The van der Waals surface area contributed by atoms with Crippen LogP contribution >= 0.6 is 0 Å². The van der Waals surface area contributed by atoms with Crippen LogP contribution in [0.15, 0.2) is 18.2 Å². The maximum Gasteiger partial charge on any atom is 0.326 e. The number of likely N-dealkylation sites (N-methyl/N-ethyl adjacent to an activating group) is 1. The number of hydrogen-bond acceptors (Lipinski definition) is 6. The predicted octanol–water partition coefficient (Wildman–Crippen LogP) is 3.58. The van der Waals surface area contributed by atoms with Crippen molar-refractivity contribution in [2.75, 3.05) is 53.4 Å². The summed E-state index contributed by atoms with van der Waals surface area (Å²) in [4.78, 5) is 36.1. The molecule has 2 aliphatic carbocycles. The Morgan fingerprint density at radius 1 is 1.03 bits per heavy atom. The first-order valence-electron chi connectivity index (χ1n) is 15.0. The van der Waals surface area contributed by atoms with Crippen LogP contribution < -0.4 is 0 Å². The van der Waals surface area contributed by atoms with Crippen LogP contribution in [0.4, 0.5) is 4.79 Å². The average Bonchev–Trinajstić information content (AvgIpc) is 3.81. The van der Waals surface area contributed by atoms with Gasteiger partial charge < -0.3 is 20.0 Å². The number of benzene rings is 1. The summed E-state index contributed by atoms with van der Waals surface area (Å²) in [6.45, 7) is 8.28. The number of carbonyl (C=O) groups is 2. The number of fused-ring (bicyclic) bond motifs is 1. The van der Waals surface area contributed by atoms with Crippen molar-refractivity contribution in [3.05, 3.63) is 29.3 Å². The highest BCUT2D eigenvalue weighted by atomic mass is 16.3. The van der Waals surface area contributed by atoms with Crippen molar-refractivity contribution in [2.45, 2.75) is 82.3 Å². The molecule has 216 valence electrons. The van der Waals surface area contributed by atoms with Crippen molar-refractivity contribution in [3.63, 3.8) is 0 Å². The minimum Gasteiger partial charge on any atom is -0.508 e. The molecule has 4 aliphatic rings. The molecule has 0 unspecified atom stereocenters. The number of nitrogens with zero attached hydrogens (tertiary/aromatic N) is 4. The van der Waals surface area contributed by atoms with Crippen molar-refractivity contribution in [1.82, 2.24) is 19.6 Å². The Bertz CT molecular complexity index is 1070. The molecule has 4 fully saturated rings. The van der Waals surface area contributed by atoms with Gasteiger partial charge in [-0.2, -0.15) is 0 Å². The number of carbonyl (C=O) groups excluding carboxylic acids is 2. The lowest BCUT2D eigenvalue weighted by Gasteiger charge is -2.59. The van der Waals surface area contributed by atoms with Gasteiger partial charge in [-0.1, -0.05) is 6.07 Å². The molecule has 2 saturated heterocycles. The van der Waals surface area contributed by atoms with Gasteiger partial charge in [-0.3, -0.25) is 14.6 Å². The molecular formula is C31H48N4O4. The molecule has 0 aromatic heterocycles. The lowest BCUT2D eigenvalue weighted by molar-refractivity contribution is -0.157. The minimum atomic E-state index is -1.21. The van der Waals surface area contributed by atoms with Crippen LogP contribution in [-0.2, 0) is 10.2 Å². The number of aryl methyl sites for hydroxylation is 1. The van der Waals surface area contributed by atoms with Crippen LogP contribution in [0.5, 0.6) is 5.75 Å². The zero-order chi connectivity index (χ0) is 27.9. The van der Waals surface area contributed by atoms with Gasteiger partial charge in [0.15, 0.2) is 0 Å². The number of aromatic hydroxyl groups is 1. The first kappa shape index (κ1) is 28.4. The number of phenolic OH excluding ortho intramolecular Hbond substituents is 1. The fraction of sp³-hybridized carbons (Fsp3) is 0.742. The van der Waals surface area contributed by atoms with Gasteiger partial charge in [0, 0.05) is 50.6 Å². The summed E-state index contributed by atoms with van der Waals surface area (Å²) in [6, 6.07) is 4.98. The number of aliphatic hydroxyl groups is 1. The Labute approximate surface area is 233 Å². The van der Waals surface area contributed by atoms with Gasteiger partial charge in [0.05, 0.1) is 5.60 Å². The van der Waals surface area contributed by atoms with E-state index in [4.69, 9.17) is 0 Å². The Hall–Kier alpha value is -2.16. The first-order chi connectivity index (χ1) is 18.5. The van der Waals surface area contributed by atoms with Crippen LogP contribution in [0.25, 0.3) is 0 Å². The molecular weight excluding hydrogens is 492 g/mol. The van der Waals surface area contributed by atoms with Gasteiger partial charge in [0.1, 0.15) is 5.75 Å². The van der Waals surface area contributed by atoms with Gasteiger partial charge in [-0.25, -0.2) is 4.79 Å². The SMILES string of the molecule is Cc1ccc(O)cc1[C@]12CCN(CCN(C)C)[C@H](C)[C@]1(O)CCCN(CC1CC1)C(=O)N(CC1CC1)C(=O)C2. The maximum absolute atomic E-state index is 14.3. The fourth-order valence-corrected chi connectivity index (χ4v) is 7.14. The second-order valence-electron chi connectivity index (χ2n) is 13.2. The van der Waals surface area contributed by atoms with Crippen LogP contribution in [0.1, 0.15) is 69.4 Å². The number of imide groups is 1. The quantitative estimate of drug-likeness (QED) is 0.524. The normalized spacial score (nSPS) is 31.1. The van der Waals surface area contributed by atoms with E-state index in [9.17, 15) is 19.8 Å². The molecule has 3 atom stereocenters. The van der Waals surface area contributed by atoms with Crippen LogP contribution in [0.3, 0.4) is 0 Å². The Balaban J connectivity index is 1.58. The zero-order valence-corrected chi connectivity index (χ0v) is 24.4. The van der Waals surface area contributed by atoms with Gasteiger partial charge in [-0.15, -0.1) is 0 Å². The van der Waals surface area contributed by atoms with E-state index in [0.717, 1.165) is 56.4 Å². The zero-order valence-electron chi connectivity index (χ0n) is 24.4. The molecule has 1 aromatic rings. The summed E-state index contributed by atoms with van der Waals surface area (Å²) >= 11 is 0.